The first kappa shape index (κ1) is 14.9. The number of ether oxygens (including phenoxy) is 1. The van der Waals surface area contributed by atoms with Gasteiger partial charge >= 0.3 is 5.69 Å². The zero-order chi connectivity index (χ0) is 15.4. The summed E-state index contributed by atoms with van der Waals surface area (Å²) in [6.07, 6.45) is 0. The first-order chi connectivity index (χ1) is 10.0. The Bertz CT molecular complexity index is 674. The number of hydrogen-bond donors (Lipinski definition) is 1. The van der Waals surface area contributed by atoms with Gasteiger partial charge in [0.2, 0.25) is 5.75 Å². The van der Waals surface area contributed by atoms with E-state index in [1.54, 1.807) is 32.2 Å². The molecule has 0 radical (unpaired) electrons. The van der Waals surface area contributed by atoms with Crippen LogP contribution in [0.1, 0.15) is 11.1 Å². The first-order valence-corrected chi connectivity index (χ1v) is 6.38. The normalized spacial score (nSPS) is 10.4. The van der Waals surface area contributed by atoms with Crippen LogP contribution < -0.4 is 10.1 Å². The minimum absolute atomic E-state index is 0.1000. The van der Waals surface area contributed by atoms with Gasteiger partial charge in [-0.05, 0) is 32.2 Å². The highest BCUT2D eigenvalue weighted by Crippen LogP contribution is 2.35. The Morgan fingerprint density at radius 3 is 2.57 bits per heavy atom. The van der Waals surface area contributed by atoms with Gasteiger partial charge in [-0.1, -0.05) is 18.2 Å². The number of benzene rings is 2. The largest absolute Gasteiger partial charge is 0.450 e. The molecule has 5 nitrogen and oxygen atoms in total. The van der Waals surface area contributed by atoms with E-state index in [4.69, 9.17) is 4.74 Å². The van der Waals surface area contributed by atoms with E-state index in [1.807, 2.05) is 0 Å². The molecule has 0 heterocycles. The molecule has 6 heteroatoms. The summed E-state index contributed by atoms with van der Waals surface area (Å²) in [6.45, 7) is 1.90. The fourth-order valence-electron chi connectivity index (χ4n) is 2.05. The fourth-order valence-corrected chi connectivity index (χ4v) is 2.05. The number of aryl methyl sites for hydroxylation is 1. The van der Waals surface area contributed by atoms with E-state index < -0.39 is 10.7 Å². The summed E-state index contributed by atoms with van der Waals surface area (Å²) in [6, 6.07) is 9.20. The van der Waals surface area contributed by atoms with Crippen molar-refractivity contribution < 1.29 is 14.1 Å². The zero-order valence-corrected chi connectivity index (χ0v) is 11.7. The van der Waals surface area contributed by atoms with Gasteiger partial charge in [0.05, 0.1) is 4.92 Å². The Morgan fingerprint density at radius 2 is 1.90 bits per heavy atom. The van der Waals surface area contributed by atoms with Crippen molar-refractivity contribution in [3.8, 4) is 11.5 Å². The zero-order valence-electron chi connectivity index (χ0n) is 11.7. The van der Waals surface area contributed by atoms with Crippen LogP contribution in [0.3, 0.4) is 0 Å². The molecule has 0 spiro atoms. The number of nitro benzene ring substituents is 1. The summed E-state index contributed by atoms with van der Waals surface area (Å²) in [4.78, 5) is 10.7. The van der Waals surface area contributed by atoms with Gasteiger partial charge in [0.25, 0.3) is 0 Å². The smallest absolute Gasteiger partial charge is 0.314 e. The van der Waals surface area contributed by atoms with Crippen LogP contribution in [0.5, 0.6) is 11.5 Å². The third-order valence-corrected chi connectivity index (χ3v) is 3.03. The lowest BCUT2D eigenvalue weighted by Crippen LogP contribution is -2.08. The molecule has 0 fully saturated rings. The Morgan fingerprint density at radius 1 is 1.24 bits per heavy atom. The van der Waals surface area contributed by atoms with Gasteiger partial charge < -0.3 is 10.1 Å². The highest BCUT2D eigenvalue weighted by Gasteiger charge is 2.20. The second kappa shape index (κ2) is 6.32. The quantitative estimate of drug-likeness (QED) is 0.675. The van der Waals surface area contributed by atoms with Crippen molar-refractivity contribution in [2.75, 3.05) is 7.05 Å². The summed E-state index contributed by atoms with van der Waals surface area (Å²) in [5, 5.41) is 14.0. The number of hydrogen-bond acceptors (Lipinski definition) is 4. The van der Waals surface area contributed by atoms with Gasteiger partial charge in [0.1, 0.15) is 11.6 Å². The highest BCUT2D eigenvalue weighted by atomic mass is 19.1. The summed E-state index contributed by atoms with van der Waals surface area (Å²) in [5.74, 6) is -0.0573. The van der Waals surface area contributed by atoms with Crippen LogP contribution in [0.25, 0.3) is 0 Å². The van der Waals surface area contributed by atoms with E-state index >= 15 is 0 Å². The topological polar surface area (TPSA) is 64.4 Å². The van der Waals surface area contributed by atoms with Gasteiger partial charge in [-0.15, -0.1) is 0 Å². The highest BCUT2D eigenvalue weighted by molar-refractivity contribution is 5.54. The third-order valence-electron chi connectivity index (χ3n) is 3.03. The number of halogens is 1. The summed E-state index contributed by atoms with van der Waals surface area (Å²) in [5.41, 5.74) is 0.706. The van der Waals surface area contributed by atoms with Crippen LogP contribution in [0.4, 0.5) is 10.1 Å². The number of nitrogens with one attached hydrogen (secondary N) is 1. The van der Waals surface area contributed by atoms with Crippen LogP contribution in [-0.4, -0.2) is 12.0 Å². The molecule has 0 bridgehead atoms. The van der Waals surface area contributed by atoms with Crippen LogP contribution in [0, 0.1) is 22.9 Å². The fraction of sp³-hybridized carbons (Fsp3) is 0.200. The lowest BCUT2D eigenvalue weighted by molar-refractivity contribution is -0.386. The molecule has 21 heavy (non-hydrogen) atoms. The van der Waals surface area contributed by atoms with Gasteiger partial charge in [-0.25, -0.2) is 4.39 Å². The molecule has 0 amide bonds. The SMILES string of the molecule is CNCc1c(F)cccc1Oc1cccc(C)c1[N+](=O)[O-]. The molecule has 0 atom stereocenters. The summed E-state index contributed by atoms with van der Waals surface area (Å²) < 4.78 is 19.4. The van der Waals surface area contributed by atoms with E-state index in [0.717, 1.165) is 0 Å². The predicted molar refractivity (Wildman–Crippen MR) is 77.1 cm³/mol. The van der Waals surface area contributed by atoms with Gasteiger partial charge in [-0.2, -0.15) is 0 Å². The molecule has 0 saturated carbocycles. The van der Waals surface area contributed by atoms with Crippen molar-refractivity contribution in [1.82, 2.24) is 5.32 Å². The van der Waals surface area contributed by atoms with E-state index in [9.17, 15) is 14.5 Å². The molecule has 0 aliphatic heterocycles. The minimum Gasteiger partial charge on any atom is -0.450 e. The number of rotatable bonds is 5. The van der Waals surface area contributed by atoms with Gasteiger partial charge in [0, 0.05) is 17.7 Å². The van der Waals surface area contributed by atoms with Crippen molar-refractivity contribution in [3.05, 3.63) is 63.5 Å². The van der Waals surface area contributed by atoms with Gasteiger partial charge in [-0.3, -0.25) is 10.1 Å². The van der Waals surface area contributed by atoms with E-state index in [1.165, 1.54) is 18.2 Å². The lowest BCUT2D eigenvalue weighted by atomic mass is 10.1. The Kier molecular flexibility index (Phi) is 4.49. The maximum Gasteiger partial charge on any atom is 0.314 e. The number of nitro groups is 1. The van der Waals surface area contributed by atoms with Crippen molar-refractivity contribution in [2.45, 2.75) is 13.5 Å². The molecule has 0 aliphatic carbocycles. The van der Waals surface area contributed by atoms with Crippen molar-refractivity contribution in [2.24, 2.45) is 0 Å². The molecule has 0 aliphatic rings. The van der Waals surface area contributed by atoms with Crippen LogP contribution >= 0.6 is 0 Å². The average molecular weight is 290 g/mol. The monoisotopic (exact) mass is 290 g/mol. The molecule has 0 unspecified atom stereocenters. The second-order valence-corrected chi connectivity index (χ2v) is 4.53. The Hall–Kier alpha value is -2.47. The molecular formula is C15H15FN2O3. The van der Waals surface area contributed by atoms with Crippen LogP contribution in [0.15, 0.2) is 36.4 Å². The summed E-state index contributed by atoms with van der Waals surface area (Å²) in [7, 11) is 1.69. The number of para-hydroxylation sites is 1. The minimum atomic E-state index is -0.498. The molecule has 110 valence electrons. The Labute approximate surface area is 121 Å². The summed E-state index contributed by atoms with van der Waals surface area (Å²) >= 11 is 0. The van der Waals surface area contributed by atoms with Crippen molar-refractivity contribution in [3.63, 3.8) is 0 Å². The first-order valence-electron chi connectivity index (χ1n) is 6.38. The molecule has 2 aromatic carbocycles. The maximum atomic E-state index is 13.8. The third kappa shape index (κ3) is 3.17. The van der Waals surface area contributed by atoms with Crippen molar-refractivity contribution in [1.29, 1.82) is 0 Å². The molecule has 0 aromatic heterocycles. The Balaban J connectivity index is 2.46. The van der Waals surface area contributed by atoms with E-state index in [0.29, 0.717) is 11.1 Å². The van der Waals surface area contributed by atoms with Crippen molar-refractivity contribution >= 4 is 5.69 Å². The average Bonchev–Trinajstić information content (AvgIpc) is 2.42. The van der Waals surface area contributed by atoms with Crippen LogP contribution in [0.2, 0.25) is 0 Å². The molecule has 0 saturated heterocycles. The maximum absolute atomic E-state index is 13.8. The predicted octanol–water partition coefficient (Wildman–Crippen LogP) is 3.55. The van der Waals surface area contributed by atoms with Crippen LogP contribution in [-0.2, 0) is 6.54 Å². The molecule has 1 N–H and O–H groups in total. The van der Waals surface area contributed by atoms with Gasteiger partial charge in [0.15, 0.2) is 0 Å². The van der Waals surface area contributed by atoms with E-state index in [-0.39, 0.29) is 23.7 Å². The molecule has 2 aromatic rings. The lowest BCUT2D eigenvalue weighted by Gasteiger charge is -2.12. The number of nitrogens with zero attached hydrogens (tertiary/aromatic N) is 1. The van der Waals surface area contributed by atoms with E-state index in [2.05, 4.69) is 5.32 Å². The molecule has 2 rings (SSSR count). The molecular weight excluding hydrogens is 275 g/mol. The second-order valence-electron chi connectivity index (χ2n) is 4.53. The standard InChI is InChI=1S/C15H15FN2O3/c1-10-5-3-8-14(15(10)18(19)20)21-13-7-4-6-12(16)11(13)9-17-2/h3-8,17H,9H2,1-2H3.